The third kappa shape index (κ3) is 4.26. The van der Waals surface area contributed by atoms with Crippen molar-refractivity contribution in [3.63, 3.8) is 0 Å². The second-order valence-electron chi connectivity index (χ2n) is 5.24. The van der Waals surface area contributed by atoms with Gasteiger partial charge in [0, 0.05) is 22.0 Å². The molecule has 0 saturated carbocycles. The summed E-state index contributed by atoms with van der Waals surface area (Å²) < 4.78 is 12.3. The first kappa shape index (κ1) is 18.0. The Bertz CT molecular complexity index is 827. The van der Waals surface area contributed by atoms with Crippen LogP contribution in [-0.4, -0.2) is 23.4 Å². The lowest BCUT2D eigenvalue weighted by molar-refractivity contribution is -0.135. The third-order valence-corrected chi connectivity index (χ3v) is 4.47. The molecule has 1 heterocycles. The summed E-state index contributed by atoms with van der Waals surface area (Å²) >= 11 is 15.3. The number of halogens is 3. The highest BCUT2D eigenvalue weighted by atomic mass is 79.9. The molecule has 5 nitrogen and oxygen atoms in total. The molecule has 1 aliphatic heterocycles. The van der Waals surface area contributed by atoms with Gasteiger partial charge in [0.05, 0.1) is 5.02 Å². The first-order chi connectivity index (χ1) is 11.9. The monoisotopic (exact) mass is 442 g/mol. The molecule has 3 rings (SSSR count). The van der Waals surface area contributed by atoms with Gasteiger partial charge in [0.25, 0.3) is 0 Å². The van der Waals surface area contributed by atoms with Gasteiger partial charge in [0.15, 0.2) is 6.61 Å². The highest BCUT2D eigenvalue weighted by Crippen LogP contribution is 2.31. The molecule has 0 bridgehead atoms. The van der Waals surface area contributed by atoms with Crippen LogP contribution >= 0.6 is 39.1 Å². The lowest BCUT2D eigenvalue weighted by Crippen LogP contribution is -2.25. The average Bonchev–Trinajstić information content (AvgIpc) is 2.99. The number of hydrazone groups is 1. The van der Waals surface area contributed by atoms with E-state index in [-0.39, 0.29) is 18.4 Å². The molecule has 0 N–H and O–H groups in total. The van der Waals surface area contributed by atoms with Gasteiger partial charge in [0.1, 0.15) is 5.75 Å². The molecular weight excluding hydrogens is 431 g/mol. The van der Waals surface area contributed by atoms with Gasteiger partial charge in [-0.15, -0.1) is 5.10 Å². The minimum atomic E-state index is -0.620. The number of rotatable bonds is 4. The highest BCUT2D eigenvalue weighted by Gasteiger charge is 2.32. The number of benzene rings is 2. The maximum absolute atomic E-state index is 11.9. The van der Waals surface area contributed by atoms with Crippen LogP contribution in [0.3, 0.4) is 0 Å². The standard InChI is InChI=1S/C17H13BrCl2N2O3/c1-10(23)22-17(11-2-4-12(18)5-3-11)25-16(21-22)9-24-15-7-6-13(19)8-14(15)20/h2-8,17H,9H2,1H3/t17-/m0/s1. The van der Waals surface area contributed by atoms with E-state index >= 15 is 0 Å². The van der Waals surface area contributed by atoms with Gasteiger partial charge in [-0.1, -0.05) is 51.3 Å². The number of carbonyl (C=O) groups excluding carboxylic acids is 1. The number of hydrogen-bond donors (Lipinski definition) is 0. The van der Waals surface area contributed by atoms with Crippen molar-refractivity contribution in [2.24, 2.45) is 5.10 Å². The summed E-state index contributed by atoms with van der Waals surface area (Å²) in [5.74, 6) is 0.514. The Morgan fingerprint density at radius 2 is 2.00 bits per heavy atom. The van der Waals surface area contributed by atoms with E-state index in [0.717, 1.165) is 10.0 Å². The van der Waals surface area contributed by atoms with Crippen molar-refractivity contribution in [1.82, 2.24) is 5.01 Å². The van der Waals surface area contributed by atoms with Crippen molar-refractivity contribution in [3.05, 3.63) is 62.5 Å². The fourth-order valence-corrected chi connectivity index (χ4v) is 2.97. The van der Waals surface area contributed by atoms with Crippen molar-refractivity contribution in [3.8, 4) is 5.75 Å². The van der Waals surface area contributed by atoms with Gasteiger partial charge in [-0.25, -0.2) is 0 Å². The second kappa shape index (κ2) is 7.64. The second-order valence-corrected chi connectivity index (χ2v) is 7.00. The summed E-state index contributed by atoms with van der Waals surface area (Å²) in [6.45, 7) is 1.47. The van der Waals surface area contributed by atoms with Gasteiger partial charge >= 0.3 is 0 Å². The largest absolute Gasteiger partial charge is 0.482 e. The first-order valence-electron chi connectivity index (χ1n) is 7.31. The number of nitrogens with zero attached hydrogens (tertiary/aromatic N) is 2. The molecule has 0 unspecified atom stereocenters. The molecule has 1 amide bonds. The quantitative estimate of drug-likeness (QED) is 0.666. The van der Waals surface area contributed by atoms with E-state index in [1.54, 1.807) is 18.2 Å². The van der Waals surface area contributed by atoms with E-state index in [9.17, 15) is 4.79 Å². The van der Waals surface area contributed by atoms with Crippen molar-refractivity contribution >= 4 is 50.9 Å². The molecule has 2 aromatic carbocycles. The summed E-state index contributed by atoms with van der Waals surface area (Å²) in [5, 5.41) is 6.39. The molecule has 0 spiro atoms. The van der Waals surface area contributed by atoms with Crippen LogP contribution in [0.15, 0.2) is 52.0 Å². The van der Waals surface area contributed by atoms with E-state index in [4.69, 9.17) is 32.7 Å². The zero-order valence-electron chi connectivity index (χ0n) is 13.1. The Morgan fingerprint density at radius 3 is 2.64 bits per heavy atom. The van der Waals surface area contributed by atoms with Crippen molar-refractivity contribution in [1.29, 1.82) is 0 Å². The molecule has 1 aliphatic rings. The SMILES string of the molecule is CC(=O)N1N=C(COc2ccc(Cl)cc2Cl)O[C@H]1c1ccc(Br)cc1. The van der Waals surface area contributed by atoms with Gasteiger partial charge in [-0.05, 0) is 30.3 Å². The van der Waals surface area contributed by atoms with Crippen LogP contribution < -0.4 is 4.74 Å². The molecule has 2 aromatic rings. The van der Waals surface area contributed by atoms with Gasteiger partial charge in [-0.3, -0.25) is 4.79 Å². The Balaban J connectivity index is 1.73. The molecule has 0 aromatic heterocycles. The Labute approximate surface area is 163 Å². The van der Waals surface area contributed by atoms with Crippen molar-refractivity contribution in [2.75, 3.05) is 6.61 Å². The van der Waals surface area contributed by atoms with Crippen LogP contribution in [0.1, 0.15) is 18.7 Å². The molecule has 0 radical (unpaired) electrons. The van der Waals surface area contributed by atoms with Crippen molar-refractivity contribution in [2.45, 2.75) is 13.2 Å². The van der Waals surface area contributed by atoms with Crippen molar-refractivity contribution < 1.29 is 14.3 Å². The van der Waals surface area contributed by atoms with E-state index < -0.39 is 6.23 Å². The fraction of sp³-hybridized carbons (Fsp3) is 0.176. The van der Waals surface area contributed by atoms with Crippen LogP contribution in [0.5, 0.6) is 5.75 Å². The fourth-order valence-electron chi connectivity index (χ4n) is 2.24. The minimum absolute atomic E-state index is 0.0398. The lowest BCUT2D eigenvalue weighted by Gasteiger charge is -2.19. The normalized spacial score (nSPS) is 16.4. The van der Waals surface area contributed by atoms with E-state index in [1.807, 2.05) is 24.3 Å². The predicted molar refractivity (Wildman–Crippen MR) is 99.9 cm³/mol. The molecule has 0 saturated heterocycles. The molecule has 130 valence electrons. The molecule has 8 heteroatoms. The Kier molecular flexibility index (Phi) is 5.51. The smallest absolute Gasteiger partial charge is 0.247 e. The van der Waals surface area contributed by atoms with Gasteiger partial charge in [0.2, 0.25) is 18.0 Å². The maximum Gasteiger partial charge on any atom is 0.247 e. The third-order valence-electron chi connectivity index (χ3n) is 3.41. The summed E-state index contributed by atoms with van der Waals surface area (Å²) in [4.78, 5) is 11.9. The van der Waals surface area contributed by atoms with Crippen LogP contribution in [0.2, 0.25) is 10.0 Å². The summed E-state index contributed by atoms with van der Waals surface area (Å²) in [6.07, 6.45) is -0.620. The molecular formula is C17H13BrCl2N2O3. The topological polar surface area (TPSA) is 51.1 Å². The zero-order valence-corrected chi connectivity index (χ0v) is 16.2. The molecule has 0 aliphatic carbocycles. The predicted octanol–water partition coefficient (Wildman–Crippen LogP) is 5.03. The summed E-state index contributed by atoms with van der Waals surface area (Å²) in [7, 11) is 0. The van der Waals surface area contributed by atoms with Gasteiger partial charge in [-0.2, -0.15) is 5.01 Å². The first-order valence-corrected chi connectivity index (χ1v) is 8.86. The van der Waals surface area contributed by atoms with E-state index in [0.29, 0.717) is 15.8 Å². The van der Waals surface area contributed by atoms with Crippen LogP contribution in [0.4, 0.5) is 0 Å². The summed E-state index contributed by atoms with van der Waals surface area (Å²) in [5.41, 5.74) is 0.807. The molecule has 0 fully saturated rings. The lowest BCUT2D eigenvalue weighted by atomic mass is 10.2. The number of hydrogen-bond acceptors (Lipinski definition) is 4. The van der Waals surface area contributed by atoms with E-state index in [1.165, 1.54) is 11.9 Å². The Morgan fingerprint density at radius 1 is 1.28 bits per heavy atom. The summed E-state index contributed by atoms with van der Waals surface area (Å²) in [6, 6.07) is 12.4. The number of ether oxygens (including phenoxy) is 2. The Hall–Kier alpha value is -1.76. The molecule has 1 atom stereocenters. The van der Waals surface area contributed by atoms with E-state index in [2.05, 4.69) is 21.0 Å². The van der Waals surface area contributed by atoms with Crippen LogP contribution in [-0.2, 0) is 9.53 Å². The minimum Gasteiger partial charge on any atom is -0.482 e. The van der Waals surface area contributed by atoms with Crippen LogP contribution in [0, 0.1) is 0 Å². The molecule has 25 heavy (non-hydrogen) atoms. The van der Waals surface area contributed by atoms with Crippen LogP contribution in [0.25, 0.3) is 0 Å². The number of amides is 1. The highest BCUT2D eigenvalue weighted by molar-refractivity contribution is 9.10. The number of carbonyl (C=O) groups is 1. The van der Waals surface area contributed by atoms with Gasteiger partial charge < -0.3 is 9.47 Å². The average molecular weight is 444 g/mol. The zero-order chi connectivity index (χ0) is 18.0. The maximum atomic E-state index is 11.9.